The number of hydrogen-bond acceptors (Lipinski definition) is 5. The number of nitro groups is 1. The molecular weight excluding hydrogens is 346 g/mol. The first-order valence-electron chi connectivity index (χ1n) is 6.38. The van der Waals surface area contributed by atoms with E-state index in [1.165, 1.54) is 31.2 Å². The van der Waals surface area contributed by atoms with E-state index in [2.05, 4.69) is 0 Å². The molecule has 0 aliphatic heterocycles. The average Bonchev–Trinajstić information content (AvgIpc) is 2.45. The third-order valence-corrected chi connectivity index (χ3v) is 4.59. The Hall–Kier alpha value is -2.03. The second-order valence-electron chi connectivity index (χ2n) is 5.17. The molecule has 0 radical (unpaired) electrons. The van der Waals surface area contributed by atoms with E-state index in [0.29, 0.717) is 0 Å². The summed E-state index contributed by atoms with van der Waals surface area (Å²) in [4.78, 5) is 21.2. The predicted molar refractivity (Wildman–Crippen MR) is 82.9 cm³/mol. The molecule has 1 aromatic carbocycles. The summed E-state index contributed by atoms with van der Waals surface area (Å²) in [7, 11) is -4.45. The van der Waals surface area contributed by atoms with Crippen LogP contribution in [0.15, 0.2) is 53.0 Å². The molecule has 2 unspecified atom stereocenters. The van der Waals surface area contributed by atoms with Gasteiger partial charge in [0.2, 0.25) is 0 Å². The molecule has 0 heterocycles. The fraction of sp³-hybridized carbons (Fsp3) is 0.214. The van der Waals surface area contributed by atoms with Gasteiger partial charge in [-0.1, -0.05) is 24.3 Å². The van der Waals surface area contributed by atoms with E-state index in [1.54, 1.807) is 0 Å². The third kappa shape index (κ3) is 3.66. The van der Waals surface area contributed by atoms with Crippen LogP contribution in [0.1, 0.15) is 17.3 Å². The van der Waals surface area contributed by atoms with Gasteiger partial charge in [0.25, 0.3) is 16.2 Å². The second-order valence-corrected chi connectivity index (χ2v) is 7.40. The van der Waals surface area contributed by atoms with Gasteiger partial charge in [0.1, 0.15) is 4.87 Å². The van der Waals surface area contributed by atoms with E-state index in [1.807, 2.05) is 0 Å². The van der Waals surface area contributed by atoms with Crippen LogP contribution in [-0.2, 0) is 10.1 Å². The van der Waals surface area contributed by atoms with Crippen LogP contribution in [0, 0.1) is 10.1 Å². The fourth-order valence-corrected chi connectivity index (χ4v) is 2.85. The third-order valence-electron chi connectivity index (χ3n) is 3.39. The van der Waals surface area contributed by atoms with Crippen LogP contribution in [-0.4, -0.2) is 34.6 Å². The molecule has 122 valence electrons. The largest absolute Gasteiger partial charge is 0.294 e. The van der Waals surface area contributed by atoms with E-state index in [9.17, 15) is 23.3 Å². The summed E-state index contributed by atoms with van der Waals surface area (Å²) in [5.41, 5.74) is 0.00797. The Morgan fingerprint density at radius 1 is 1.43 bits per heavy atom. The van der Waals surface area contributed by atoms with Crippen molar-refractivity contribution in [3.8, 4) is 0 Å². The Kier molecular flexibility index (Phi) is 4.43. The first-order valence-corrected chi connectivity index (χ1v) is 8.20. The molecule has 0 saturated carbocycles. The van der Waals surface area contributed by atoms with E-state index < -0.39 is 36.6 Å². The van der Waals surface area contributed by atoms with Crippen molar-refractivity contribution in [3.63, 3.8) is 0 Å². The molecule has 2 rings (SSSR count). The Balaban J connectivity index is 2.42. The minimum atomic E-state index is -4.45. The molecule has 0 bridgehead atoms. The zero-order chi connectivity index (χ0) is 17.4. The lowest BCUT2D eigenvalue weighted by Crippen LogP contribution is -2.39. The van der Waals surface area contributed by atoms with Gasteiger partial charge < -0.3 is 0 Å². The van der Waals surface area contributed by atoms with Crippen LogP contribution in [0.2, 0.25) is 0 Å². The smallest absolute Gasteiger partial charge is 0.289 e. The standard InChI is InChI=1S/C14H12ClNO6S/c1-14(15)6-5-10(8-12(14)16(18)19)13(17)9-3-2-4-11(7-9)23(20,21)22/h2-8,12H,1H3,(H,20,21,22). The lowest BCUT2D eigenvalue weighted by molar-refractivity contribution is -0.513. The monoisotopic (exact) mass is 357 g/mol. The average molecular weight is 358 g/mol. The van der Waals surface area contributed by atoms with Crippen molar-refractivity contribution in [1.82, 2.24) is 0 Å². The van der Waals surface area contributed by atoms with Gasteiger partial charge in [-0.25, -0.2) is 0 Å². The molecule has 23 heavy (non-hydrogen) atoms. The maximum Gasteiger partial charge on any atom is 0.294 e. The Labute approximate surface area is 137 Å². The number of allylic oxidation sites excluding steroid dienone is 2. The lowest BCUT2D eigenvalue weighted by atomic mass is 9.89. The van der Waals surface area contributed by atoms with Crippen molar-refractivity contribution < 1.29 is 22.7 Å². The first-order chi connectivity index (χ1) is 10.5. The molecule has 1 aliphatic rings. The number of halogens is 1. The van der Waals surface area contributed by atoms with E-state index in [-0.39, 0.29) is 11.1 Å². The number of rotatable bonds is 4. The van der Waals surface area contributed by atoms with Crippen molar-refractivity contribution in [3.05, 3.63) is 63.7 Å². The van der Waals surface area contributed by atoms with Gasteiger partial charge in [0, 0.05) is 22.1 Å². The van der Waals surface area contributed by atoms with Gasteiger partial charge in [-0.05, 0) is 19.1 Å². The van der Waals surface area contributed by atoms with Gasteiger partial charge in [-0.15, -0.1) is 11.6 Å². The number of Topliss-reactive ketones (excluding diaryl/α,β-unsaturated/α-hetero) is 1. The van der Waals surface area contributed by atoms with Crippen LogP contribution in [0.3, 0.4) is 0 Å². The highest BCUT2D eigenvalue weighted by molar-refractivity contribution is 7.85. The van der Waals surface area contributed by atoms with E-state index in [4.69, 9.17) is 16.2 Å². The van der Waals surface area contributed by atoms with Crippen molar-refractivity contribution >= 4 is 27.5 Å². The molecular formula is C14H12ClNO6S. The fourth-order valence-electron chi connectivity index (χ4n) is 2.12. The topological polar surface area (TPSA) is 115 Å². The van der Waals surface area contributed by atoms with Crippen LogP contribution >= 0.6 is 11.6 Å². The summed E-state index contributed by atoms with van der Waals surface area (Å²) in [6.45, 7) is 1.45. The quantitative estimate of drug-likeness (QED) is 0.290. The minimum Gasteiger partial charge on any atom is -0.289 e. The SMILES string of the molecule is CC1(Cl)C=CC(C(=O)c2cccc(S(=O)(=O)O)c2)=CC1[N+](=O)[O-]. The summed E-state index contributed by atoms with van der Waals surface area (Å²) < 4.78 is 31.3. The zero-order valence-electron chi connectivity index (χ0n) is 11.8. The molecule has 1 N–H and O–H groups in total. The van der Waals surface area contributed by atoms with Gasteiger partial charge in [0.05, 0.1) is 4.90 Å². The molecule has 0 amide bonds. The molecule has 1 aliphatic carbocycles. The maximum absolute atomic E-state index is 12.4. The maximum atomic E-state index is 12.4. The summed E-state index contributed by atoms with van der Waals surface area (Å²) in [5.74, 6) is -0.606. The molecule has 9 heteroatoms. The Bertz CT molecular complexity index is 841. The normalized spacial score (nSPS) is 24.1. The number of hydrogen-bond donors (Lipinski definition) is 1. The highest BCUT2D eigenvalue weighted by atomic mass is 35.5. The van der Waals surface area contributed by atoms with Gasteiger partial charge >= 0.3 is 0 Å². The molecule has 2 atom stereocenters. The van der Waals surface area contributed by atoms with Crippen molar-refractivity contribution in [2.75, 3.05) is 0 Å². The number of nitrogens with zero attached hydrogens (tertiary/aromatic N) is 1. The van der Waals surface area contributed by atoms with Crippen molar-refractivity contribution in [2.24, 2.45) is 0 Å². The minimum absolute atomic E-state index is 0.0173. The molecule has 7 nitrogen and oxygen atoms in total. The molecule has 1 aromatic rings. The van der Waals surface area contributed by atoms with E-state index in [0.717, 1.165) is 18.2 Å². The summed E-state index contributed by atoms with van der Waals surface area (Å²) in [6, 6.07) is 3.48. The zero-order valence-corrected chi connectivity index (χ0v) is 13.4. The van der Waals surface area contributed by atoms with Crippen molar-refractivity contribution in [2.45, 2.75) is 22.7 Å². The Morgan fingerprint density at radius 2 is 2.09 bits per heavy atom. The number of alkyl halides is 1. The van der Waals surface area contributed by atoms with Gasteiger partial charge in [-0.2, -0.15) is 8.42 Å². The number of ketones is 1. The molecule has 0 saturated heterocycles. The lowest BCUT2D eigenvalue weighted by Gasteiger charge is -2.23. The van der Waals surface area contributed by atoms with Crippen LogP contribution < -0.4 is 0 Å². The van der Waals surface area contributed by atoms with Crippen molar-refractivity contribution in [1.29, 1.82) is 0 Å². The summed E-state index contributed by atoms with van der Waals surface area (Å²) >= 11 is 6.04. The Morgan fingerprint density at radius 3 is 2.65 bits per heavy atom. The van der Waals surface area contributed by atoms with Crippen LogP contribution in [0.25, 0.3) is 0 Å². The molecule has 0 aromatic heterocycles. The molecule has 0 fully saturated rings. The summed E-state index contributed by atoms with van der Waals surface area (Å²) in [5, 5.41) is 11.1. The number of carbonyl (C=O) groups excluding carboxylic acids is 1. The number of carbonyl (C=O) groups is 1. The van der Waals surface area contributed by atoms with Gasteiger partial charge in [-0.3, -0.25) is 19.5 Å². The van der Waals surface area contributed by atoms with Crippen LogP contribution in [0.5, 0.6) is 0 Å². The van der Waals surface area contributed by atoms with E-state index >= 15 is 0 Å². The first kappa shape index (κ1) is 17.3. The summed E-state index contributed by atoms with van der Waals surface area (Å²) in [6.07, 6.45) is 3.84. The molecule has 0 spiro atoms. The highest BCUT2D eigenvalue weighted by Gasteiger charge is 2.40. The highest BCUT2D eigenvalue weighted by Crippen LogP contribution is 2.30. The van der Waals surface area contributed by atoms with Crippen LogP contribution in [0.4, 0.5) is 0 Å². The van der Waals surface area contributed by atoms with Gasteiger partial charge in [0.15, 0.2) is 5.78 Å². The number of benzene rings is 1. The predicted octanol–water partition coefficient (Wildman–Crippen LogP) is 2.25. The second kappa shape index (κ2) is 5.88.